The van der Waals surface area contributed by atoms with Gasteiger partial charge in [0.2, 0.25) is 0 Å². The first-order valence-electron chi connectivity index (χ1n) is 6.93. The molecule has 2 N–H and O–H groups in total. The highest BCUT2D eigenvalue weighted by Gasteiger charge is 2.14. The number of hydrogen-bond donors (Lipinski definition) is 2. The van der Waals surface area contributed by atoms with Crippen LogP contribution in [0.1, 0.15) is 11.1 Å². The number of nitrogens with zero attached hydrogens (tertiary/aromatic N) is 1. The van der Waals surface area contributed by atoms with E-state index in [0.717, 1.165) is 0 Å². The zero-order chi connectivity index (χ0) is 16.7. The number of carbonyl (C=O) groups is 2. The third-order valence-electron chi connectivity index (χ3n) is 3.14. The van der Waals surface area contributed by atoms with Gasteiger partial charge >= 0.3 is 11.8 Å². The summed E-state index contributed by atoms with van der Waals surface area (Å²) in [6, 6.07) is 14.5. The number of nitrogens with one attached hydrogen (secondary N) is 2. The fourth-order valence-electron chi connectivity index (χ4n) is 1.96. The van der Waals surface area contributed by atoms with Gasteiger partial charge in [0.1, 0.15) is 11.9 Å². The van der Waals surface area contributed by atoms with Crippen molar-refractivity contribution in [3.05, 3.63) is 65.5 Å². The van der Waals surface area contributed by atoms with E-state index in [9.17, 15) is 14.0 Å². The highest BCUT2D eigenvalue weighted by Crippen LogP contribution is 2.13. The van der Waals surface area contributed by atoms with Crippen LogP contribution in [0.3, 0.4) is 0 Å². The van der Waals surface area contributed by atoms with Crippen molar-refractivity contribution < 1.29 is 14.0 Å². The molecule has 2 aromatic rings. The molecule has 0 aromatic heterocycles. The second-order valence-corrected chi connectivity index (χ2v) is 4.71. The molecule has 0 unspecified atom stereocenters. The van der Waals surface area contributed by atoms with Crippen molar-refractivity contribution in [1.29, 1.82) is 5.26 Å². The van der Waals surface area contributed by atoms with Gasteiger partial charge in [-0.1, -0.05) is 30.3 Å². The number of carbonyl (C=O) groups excluding carboxylic acids is 2. The van der Waals surface area contributed by atoms with Crippen LogP contribution in [-0.2, 0) is 16.0 Å². The Balaban J connectivity index is 1.87. The Kier molecular flexibility index (Phi) is 5.42. The maximum Gasteiger partial charge on any atom is 0.313 e. The largest absolute Gasteiger partial charge is 0.347 e. The number of rotatable bonds is 4. The standard InChI is InChI=1S/C17H14FN3O2/c18-14-7-3-1-5-12(14)9-10-20-16(22)17(23)21-15-8-4-2-6-13(15)11-19/h1-8H,9-10H2,(H,20,22)(H,21,23). The summed E-state index contributed by atoms with van der Waals surface area (Å²) in [5.74, 6) is -2.07. The summed E-state index contributed by atoms with van der Waals surface area (Å²) in [6.45, 7) is 0.132. The summed E-state index contributed by atoms with van der Waals surface area (Å²) < 4.78 is 13.4. The summed E-state index contributed by atoms with van der Waals surface area (Å²) in [5, 5.41) is 13.7. The van der Waals surface area contributed by atoms with Gasteiger partial charge in [-0.25, -0.2) is 4.39 Å². The predicted octanol–water partition coefficient (Wildman–Crippen LogP) is 1.99. The molecule has 6 heteroatoms. The second-order valence-electron chi connectivity index (χ2n) is 4.71. The van der Waals surface area contributed by atoms with Crippen LogP contribution in [-0.4, -0.2) is 18.4 Å². The molecule has 0 aliphatic carbocycles. The van der Waals surface area contributed by atoms with Gasteiger partial charge in [-0.3, -0.25) is 9.59 Å². The summed E-state index contributed by atoms with van der Waals surface area (Å²) in [4.78, 5) is 23.5. The Morgan fingerprint density at radius 1 is 1.04 bits per heavy atom. The Labute approximate surface area is 132 Å². The molecule has 2 amide bonds. The lowest BCUT2D eigenvalue weighted by Gasteiger charge is -2.08. The first kappa shape index (κ1) is 16.2. The molecule has 0 fully saturated rings. The number of halogens is 1. The van der Waals surface area contributed by atoms with Crippen molar-refractivity contribution in [1.82, 2.24) is 5.32 Å². The Morgan fingerprint density at radius 3 is 2.48 bits per heavy atom. The van der Waals surface area contributed by atoms with Gasteiger partial charge in [0, 0.05) is 6.54 Å². The van der Waals surface area contributed by atoms with Gasteiger partial charge in [-0.05, 0) is 30.2 Å². The van der Waals surface area contributed by atoms with Crippen molar-refractivity contribution in [2.75, 3.05) is 11.9 Å². The van der Waals surface area contributed by atoms with E-state index in [-0.39, 0.29) is 30.0 Å². The fraction of sp³-hybridized carbons (Fsp3) is 0.118. The average molecular weight is 311 g/mol. The number of nitriles is 1. The second kappa shape index (κ2) is 7.71. The van der Waals surface area contributed by atoms with E-state index in [4.69, 9.17) is 5.26 Å². The molecule has 0 spiro atoms. The Morgan fingerprint density at radius 2 is 1.74 bits per heavy atom. The normalized spacial score (nSPS) is 9.74. The topological polar surface area (TPSA) is 82.0 Å². The first-order chi connectivity index (χ1) is 11.1. The van der Waals surface area contributed by atoms with Gasteiger partial charge in [-0.2, -0.15) is 5.26 Å². The highest BCUT2D eigenvalue weighted by atomic mass is 19.1. The Hall–Kier alpha value is -3.20. The minimum Gasteiger partial charge on any atom is -0.347 e. The van der Waals surface area contributed by atoms with Crippen LogP contribution in [0.4, 0.5) is 10.1 Å². The average Bonchev–Trinajstić information content (AvgIpc) is 2.57. The van der Waals surface area contributed by atoms with Crippen molar-refractivity contribution >= 4 is 17.5 Å². The van der Waals surface area contributed by atoms with E-state index >= 15 is 0 Å². The summed E-state index contributed by atoms with van der Waals surface area (Å²) >= 11 is 0. The summed E-state index contributed by atoms with van der Waals surface area (Å²) in [7, 11) is 0. The fourth-order valence-corrected chi connectivity index (χ4v) is 1.96. The SMILES string of the molecule is N#Cc1ccccc1NC(=O)C(=O)NCCc1ccccc1F. The lowest BCUT2D eigenvalue weighted by atomic mass is 10.1. The number of para-hydroxylation sites is 1. The first-order valence-corrected chi connectivity index (χ1v) is 6.93. The van der Waals surface area contributed by atoms with Crippen molar-refractivity contribution in [2.45, 2.75) is 6.42 Å². The molecule has 2 rings (SSSR count). The van der Waals surface area contributed by atoms with E-state index in [1.54, 1.807) is 30.3 Å². The molecule has 2 aromatic carbocycles. The minimum atomic E-state index is -0.874. The van der Waals surface area contributed by atoms with Gasteiger partial charge in [0.15, 0.2) is 0 Å². The third-order valence-corrected chi connectivity index (χ3v) is 3.14. The Bertz CT molecular complexity index is 768. The summed E-state index contributed by atoms with van der Waals surface area (Å²) in [5.41, 5.74) is 0.993. The third kappa shape index (κ3) is 4.38. The smallest absolute Gasteiger partial charge is 0.313 e. The van der Waals surface area contributed by atoms with Crippen LogP contribution in [0, 0.1) is 17.1 Å². The van der Waals surface area contributed by atoms with Crippen LogP contribution in [0.5, 0.6) is 0 Å². The molecule has 0 aliphatic rings. The van der Waals surface area contributed by atoms with E-state index < -0.39 is 11.8 Å². The molecule has 0 heterocycles. The predicted molar refractivity (Wildman–Crippen MR) is 82.9 cm³/mol. The van der Waals surface area contributed by atoms with Crippen LogP contribution in [0.15, 0.2) is 48.5 Å². The van der Waals surface area contributed by atoms with Crippen LogP contribution in [0.25, 0.3) is 0 Å². The molecule has 0 aliphatic heterocycles. The van der Waals surface area contributed by atoms with E-state index in [2.05, 4.69) is 10.6 Å². The zero-order valence-electron chi connectivity index (χ0n) is 12.2. The van der Waals surface area contributed by atoms with Gasteiger partial charge < -0.3 is 10.6 Å². The molecular weight excluding hydrogens is 297 g/mol. The quantitative estimate of drug-likeness (QED) is 0.847. The van der Waals surface area contributed by atoms with Crippen LogP contribution >= 0.6 is 0 Å². The molecule has 23 heavy (non-hydrogen) atoms. The monoisotopic (exact) mass is 311 g/mol. The molecular formula is C17H14FN3O2. The molecule has 0 radical (unpaired) electrons. The summed E-state index contributed by atoms with van der Waals surface area (Å²) in [6.07, 6.45) is 0.278. The lowest BCUT2D eigenvalue weighted by molar-refractivity contribution is -0.136. The minimum absolute atomic E-state index is 0.132. The maximum atomic E-state index is 13.4. The van der Waals surface area contributed by atoms with E-state index in [1.165, 1.54) is 18.2 Å². The number of benzene rings is 2. The van der Waals surface area contributed by atoms with Gasteiger partial charge in [0.25, 0.3) is 0 Å². The van der Waals surface area contributed by atoms with E-state index in [0.29, 0.717) is 5.56 Å². The number of hydrogen-bond acceptors (Lipinski definition) is 3. The molecule has 0 bridgehead atoms. The molecule has 5 nitrogen and oxygen atoms in total. The molecule has 0 atom stereocenters. The molecule has 0 saturated carbocycles. The highest BCUT2D eigenvalue weighted by molar-refractivity contribution is 6.39. The number of anilines is 1. The van der Waals surface area contributed by atoms with Crippen molar-refractivity contribution in [3.63, 3.8) is 0 Å². The van der Waals surface area contributed by atoms with Crippen LogP contribution in [0.2, 0.25) is 0 Å². The van der Waals surface area contributed by atoms with Gasteiger partial charge in [0.05, 0.1) is 11.3 Å². The number of amides is 2. The molecule has 116 valence electrons. The zero-order valence-corrected chi connectivity index (χ0v) is 12.2. The van der Waals surface area contributed by atoms with E-state index in [1.807, 2.05) is 6.07 Å². The lowest BCUT2D eigenvalue weighted by Crippen LogP contribution is -2.36. The van der Waals surface area contributed by atoms with Crippen LogP contribution < -0.4 is 10.6 Å². The molecule has 0 saturated heterocycles. The van der Waals surface area contributed by atoms with Gasteiger partial charge in [-0.15, -0.1) is 0 Å². The maximum absolute atomic E-state index is 13.4. The van der Waals surface area contributed by atoms with Crippen molar-refractivity contribution in [3.8, 4) is 6.07 Å². The van der Waals surface area contributed by atoms with Crippen molar-refractivity contribution in [2.24, 2.45) is 0 Å².